The molecule has 6 N–H and O–H groups in total. The molecule has 11 atom stereocenters. The zero-order valence-electron chi connectivity index (χ0n) is 43.0. The van der Waals surface area contributed by atoms with Crippen LogP contribution in [0.5, 0.6) is 11.5 Å². The van der Waals surface area contributed by atoms with Gasteiger partial charge in [-0.15, -0.1) is 0 Å². The van der Waals surface area contributed by atoms with Crippen LogP contribution >= 0.6 is 0 Å². The minimum atomic E-state index is -1.64. The molecule has 0 radical (unpaired) electrons. The molecule has 3 saturated carbocycles. The van der Waals surface area contributed by atoms with E-state index in [9.17, 15) is 35.1 Å². The number of ether oxygens (including phenoxy) is 3. The number of carbonyl (C=O) groups is 3. The summed E-state index contributed by atoms with van der Waals surface area (Å²) in [6.45, 7) is 1.96. The number of methoxy groups -OCH3 is 1. The summed E-state index contributed by atoms with van der Waals surface area (Å²) in [6, 6.07) is 13.8. The SMILES string of the molecule is COCCC(C)(O)CNc1cc(CO)cc(C2C#CC3CC(=O)Oc4c3cc(c(O)c4C3CCCCC3)CC3OC(=O)C(=C4CCc5ccc(cc5CC4O)CC4C(=O)CCC5C4CC4C=CCCC4C35O)C2)c1. The first-order chi connectivity index (χ1) is 35.7. The van der Waals surface area contributed by atoms with Crippen molar-refractivity contribution in [1.29, 1.82) is 0 Å². The molecule has 3 aromatic carbocycles. The van der Waals surface area contributed by atoms with Gasteiger partial charge >= 0.3 is 11.9 Å². The molecular weight excluding hydrogens is 935 g/mol. The van der Waals surface area contributed by atoms with Crippen LogP contribution in [0.15, 0.2) is 65.8 Å². The number of anilines is 1. The number of phenolic OH excluding ortho intramolecular Hbond substituents is 1. The summed E-state index contributed by atoms with van der Waals surface area (Å²) in [6.07, 6.45) is 11.4. The van der Waals surface area contributed by atoms with Crippen LogP contribution in [0.3, 0.4) is 0 Å². The fraction of sp³-hybridized carbons (Fsp3) is 0.565. The second-order valence-electron chi connectivity index (χ2n) is 23.5. The van der Waals surface area contributed by atoms with Gasteiger partial charge in [0.1, 0.15) is 29.0 Å². The Kier molecular flexibility index (Phi) is 14.2. The van der Waals surface area contributed by atoms with E-state index in [4.69, 9.17) is 14.2 Å². The Morgan fingerprint density at radius 2 is 1.70 bits per heavy atom. The third-order valence-electron chi connectivity index (χ3n) is 18.8. The van der Waals surface area contributed by atoms with Gasteiger partial charge in [0.2, 0.25) is 0 Å². The predicted octanol–water partition coefficient (Wildman–Crippen LogP) is 8.50. The third kappa shape index (κ3) is 9.66. The van der Waals surface area contributed by atoms with Gasteiger partial charge in [-0.3, -0.25) is 9.59 Å². The second-order valence-corrected chi connectivity index (χ2v) is 23.5. The van der Waals surface area contributed by atoms with Gasteiger partial charge in [-0.25, -0.2) is 4.79 Å². The number of Topliss-reactive ketones (excluding diaryl/α,β-unsaturated/α-hetero) is 1. The van der Waals surface area contributed by atoms with Crippen molar-refractivity contribution in [3.05, 3.63) is 110 Å². The van der Waals surface area contributed by atoms with Crippen molar-refractivity contribution in [1.82, 2.24) is 0 Å². The molecule has 11 bridgehead atoms. The van der Waals surface area contributed by atoms with E-state index in [1.165, 1.54) is 0 Å². The third-order valence-corrected chi connectivity index (χ3v) is 18.8. The Hall–Kier alpha value is -5.29. The molecule has 0 aromatic heterocycles. The van der Waals surface area contributed by atoms with Crippen LogP contribution < -0.4 is 10.1 Å². The molecule has 8 aliphatic rings. The van der Waals surface area contributed by atoms with Crippen LogP contribution in [0.25, 0.3) is 0 Å². The van der Waals surface area contributed by atoms with Crippen LogP contribution in [-0.4, -0.2) is 86.9 Å². The van der Waals surface area contributed by atoms with Gasteiger partial charge in [-0.05, 0) is 158 Å². The topological polar surface area (TPSA) is 192 Å². The largest absolute Gasteiger partial charge is 0.507 e. The molecule has 0 saturated heterocycles. The van der Waals surface area contributed by atoms with E-state index in [0.717, 1.165) is 61.6 Å². The van der Waals surface area contributed by atoms with Gasteiger partial charge in [0, 0.05) is 80.2 Å². The maximum absolute atomic E-state index is 16.1. The Bertz CT molecular complexity index is 2830. The van der Waals surface area contributed by atoms with E-state index in [1.54, 1.807) is 14.0 Å². The maximum Gasteiger partial charge on any atom is 0.334 e. The highest BCUT2D eigenvalue weighted by molar-refractivity contribution is 5.90. The predicted molar refractivity (Wildman–Crippen MR) is 278 cm³/mol. The molecule has 12 nitrogen and oxygen atoms in total. The van der Waals surface area contributed by atoms with Crippen LogP contribution in [0.2, 0.25) is 0 Å². The van der Waals surface area contributed by atoms with Crippen molar-refractivity contribution >= 4 is 23.4 Å². The molecule has 392 valence electrons. The van der Waals surface area contributed by atoms with Crippen molar-refractivity contribution in [2.75, 3.05) is 25.6 Å². The lowest BCUT2D eigenvalue weighted by molar-refractivity contribution is -0.221. The highest BCUT2D eigenvalue weighted by Gasteiger charge is 2.62. The van der Waals surface area contributed by atoms with E-state index < -0.39 is 53.1 Å². The Morgan fingerprint density at radius 3 is 2.51 bits per heavy atom. The number of fused-ring (bicyclic) bond motifs is 10. The van der Waals surface area contributed by atoms with Gasteiger partial charge in [0.25, 0.3) is 0 Å². The van der Waals surface area contributed by atoms with E-state index in [0.29, 0.717) is 90.0 Å². The van der Waals surface area contributed by atoms with Crippen molar-refractivity contribution in [3.63, 3.8) is 0 Å². The molecule has 3 fully saturated rings. The Balaban J connectivity index is 1.15. The maximum atomic E-state index is 16.1. The summed E-state index contributed by atoms with van der Waals surface area (Å²) in [5.41, 5.74) is 4.66. The number of carbonyl (C=O) groups excluding carboxylic acids is 3. The fourth-order valence-electron chi connectivity index (χ4n) is 14.9. The number of esters is 2. The molecule has 0 amide bonds. The van der Waals surface area contributed by atoms with Crippen LogP contribution in [0, 0.1) is 41.4 Å². The average molecular weight is 1010 g/mol. The summed E-state index contributed by atoms with van der Waals surface area (Å²) < 4.78 is 18.6. The molecule has 3 aliphatic heterocycles. The van der Waals surface area contributed by atoms with Gasteiger partial charge in [-0.1, -0.05) is 67.5 Å². The molecule has 5 aliphatic carbocycles. The smallest absolute Gasteiger partial charge is 0.334 e. The van der Waals surface area contributed by atoms with E-state index in [1.807, 2.05) is 24.3 Å². The number of benzene rings is 3. The number of phenols is 1. The van der Waals surface area contributed by atoms with Crippen LogP contribution in [-0.2, 0) is 56.1 Å². The normalized spacial score (nSPS) is 31.5. The van der Waals surface area contributed by atoms with E-state index in [2.05, 4.69) is 47.5 Å². The number of aryl methyl sites for hydroxylation is 1. The lowest BCUT2D eigenvalue weighted by Crippen LogP contribution is -2.65. The number of hydrogen-bond donors (Lipinski definition) is 6. The first kappa shape index (κ1) is 50.8. The number of ketones is 1. The van der Waals surface area contributed by atoms with E-state index in [-0.39, 0.29) is 92.0 Å². The number of aliphatic hydroxyl groups excluding tert-OH is 2. The molecule has 12 heteroatoms. The van der Waals surface area contributed by atoms with Crippen LogP contribution in [0.1, 0.15) is 159 Å². The van der Waals surface area contributed by atoms with Crippen molar-refractivity contribution < 1.29 is 54.1 Å². The summed E-state index contributed by atoms with van der Waals surface area (Å²) in [7, 11) is 1.59. The molecule has 3 heterocycles. The van der Waals surface area contributed by atoms with Gasteiger partial charge in [0.05, 0.1) is 30.7 Å². The van der Waals surface area contributed by atoms with Gasteiger partial charge < -0.3 is 45.1 Å². The van der Waals surface area contributed by atoms with E-state index >= 15 is 4.79 Å². The highest BCUT2D eigenvalue weighted by atomic mass is 16.6. The summed E-state index contributed by atoms with van der Waals surface area (Å²) >= 11 is 0. The minimum Gasteiger partial charge on any atom is -0.507 e. The molecule has 3 aromatic rings. The van der Waals surface area contributed by atoms with Crippen molar-refractivity contribution in [2.45, 2.75) is 170 Å². The van der Waals surface area contributed by atoms with Crippen LogP contribution in [0.4, 0.5) is 5.69 Å². The molecule has 74 heavy (non-hydrogen) atoms. The fourth-order valence-corrected chi connectivity index (χ4v) is 14.9. The molecular formula is C62H73NO11. The Morgan fingerprint density at radius 1 is 0.878 bits per heavy atom. The number of aromatic hydroxyl groups is 1. The number of rotatable bonds is 9. The molecule has 0 spiro atoms. The summed E-state index contributed by atoms with van der Waals surface area (Å²) in [5, 5.41) is 65.1. The first-order valence-electron chi connectivity index (χ1n) is 27.6. The lowest BCUT2D eigenvalue weighted by atomic mass is 9.49. The van der Waals surface area contributed by atoms with Crippen molar-refractivity contribution in [2.24, 2.45) is 29.6 Å². The monoisotopic (exact) mass is 1010 g/mol. The van der Waals surface area contributed by atoms with Gasteiger partial charge in [-0.2, -0.15) is 0 Å². The standard InChI is InChI=1S/C62H73NO11/c1-61(70,20-21-72-2)34-63-45-24-36(33-64)23-42(26-45)39-14-15-40-32-56(67)74-59-47(40)29-44(58(68)57(59)38-8-4-3-5-9-38)31-55-62(71)51-11-7-6-10-41(51)28-48-49(53(65)19-18-52(48)62)25-35-12-13-37-16-17-46(50(27-39)60(69)73-55)54(66)30-43(37)22-35/h6,10,12-13,22-24,26,29,38-41,48-49,51-52,54-55,63-64,66,68,70-71H,3-5,7-9,11,16-21,25,27-28,30-34H2,1-2H3. The van der Waals surface area contributed by atoms with Gasteiger partial charge in [0.15, 0.2) is 0 Å². The lowest BCUT2D eigenvalue weighted by Gasteiger charge is -2.58. The number of allylic oxidation sites excluding steroid dienone is 2. The molecule has 11 rings (SSSR count). The zero-order valence-corrected chi connectivity index (χ0v) is 43.0. The Labute approximate surface area is 435 Å². The zero-order chi connectivity index (χ0) is 51.5. The average Bonchev–Trinajstić information content (AvgIpc) is 3.55. The summed E-state index contributed by atoms with van der Waals surface area (Å²) in [5.74, 6) is 3.52. The number of hydrogen-bond acceptors (Lipinski definition) is 12. The highest BCUT2D eigenvalue weighted by Crippen LogP contribution is 2.58. The summed E-state index contributed by atoms with van der Waals surface area (Å²) in [4.78, 5) is 44.3. The minimum absolute atomic E-state index is 0.0115. The first-order valence-corrected chi connectivity index (χ1v) is 27.6. The number of aliphatic hydroxyl groups is 4. The number of nitrogens with one attached hydrogen (secondary N) is 1. The second kappa shape index (κ2) is 20.7. The molecule has 11 unspecified atom stereocenters. The quantitative estimate of drug-likeness (QED) is 0.0520. The van der Waals surface area contributed by atoms with Crippen molar-refractivity contribution in [3.8, 4) is 23.3 Å².